The van der Waals surface area contributed by atoms with E-state index in [1.54, 1.807) is 19.1 Å². The number of rotatable bonds is 14. The standard InChI is InChI=1S/C46H64N6O6/c1-27-37-21-32(44(37,2)3)22-38(27)49-43(55)41-46(26-45(46,4)56)39(25-53)58-52(41)23-29-13-11-15-36(40(29)57-9)30-18-31(20-35(19-30)51(7)8)42(54)48-34(24-50(5)6)17-28-12-10-14-33(47)16-28/h10-16,18-20,27,32,34,37-39,41,53,56H,17,21-26,47H2,1-9H3,(H,48,54)(H,49,55)/t27-,32+,34?,37-,38-,39-,41+,45?,46+/m0/s1. The van der Waals surface area contributed by atoms with Crippen LogP contribution in [0.3, 0.4) is 0 Å². The number of nitrogens with one attached hydrogen (secondary N) is 2. The predicted octanol–water partition coefficient (Wildman–Crippen LogP) is 4.72. The summed E-state index contributed by atoms with van der Waals surface area (Å²) in [6.07, 6.45) is 2.33. The second-order valence-corrected chi connectivity index (χ2v) is 18.9. The molecule has 314 valence electrons. The number of amides is 2. The van der Waals surface area contributed by atoms with Gasteiger partial charge in [0.15, 0.2) is 0 Å². The number of fused-ring (bicyclic) bond motifs is 2. The Morgan fingerprint density at radius 2 is 1.78 bits per heavy atom. The van der Waals surface area contributed by atoms with Gasteiger partial charge in [-0.25, -0.2) is 0 Å². The predicted molar refractivity (Wildman–Crippen MR) is 227 cm³/mol. The Morgan fingerprint density at radius 1 is 1.05 bits per heavy atom. The Morgan fingerprint density at radius 3 is 2.38 bits per heavy atom. The van der Waals surface area contributed by atoms with Crippen molar-refractivity contribution in [3.8, 4) is 16.9 Å². The van der Waals surface area contributed by atoms with Crippen molar-refractivity contribution in [3.63, 3.8) is 0 Å². The summed E-state index contributed by atoms with van der Waals surface area (Å²) in [6.45, 7) is 9.14. The molecule has 3 aromatic carbocycles. The molecule has 0 aromatic heterocycles. The van der Waals surface area contributed by atoms with Crippen molar-refractivity contribution >= 4 is 23.2 Å². The maximum absolute atomic E-state index is 14.5. The van der Waals surface area contributed by atoms with Crippen molar-refractivity contribution in [2.75, 3.05) is 59.1 Å². The van der Waals surface area contributed by atoms with Crippen LogP contribution < -0.4 is 26.0 Å². The van der Waals surface area contributed by atoms with Crippen molar-refractivity contribution in [3.05, 3.63) is 77.4 Å². The van der Waals surface area contributed by atoms with Gasteiger partial charge in [-0.1, -0.05) is 51.1 Å². The average molecular weight is 797 g/mol. The van der Waals surface area contributed by atoms with E-state index in [-0.39, 0.29) is 42.5 Å². The average Bonchev–Trinajstić information content (AvgIpc) is 3.59. The minimum atomic E-state index is -1.19. The molecular weight excluding hydrogens is 733 g/mol. The number of hydroxylamine groups is 2. The van der Waals surface area contributed by atoms with Gasteiger partial charge in [0.25, 0.3) is 5.91 Å². The number of aliphatic hydroxyl groups excluding tert-OH is 1. The van der Waals surface area contributed by atoms with E-state index in [9.17, 15) is 19.8 Å². The third-order valence-electron chi connectivity index (χ3n) is 14.2. The van der Waals surface area contributed by atoms with E-state index in [1.807, 2.05) is 93.8 Å². The number of anilines is 2. The van der Waals surface area contributed by atoms with Gasteiger partial charge in [0.05, 0.1) is 31.3 Å². The van der Waals surface area contributed by atoms with E-state index in [4.69, 9.17) is 15.3 Å². The Kier molecular flexibility index (Phi) is 11.4. The van der Waals surface area contributed by atoms with Gasteiger partial charge in [-0.3, -0.25) is 14.4 Å². The lowest BCUT2D eigenvalue weighted by Gasteiger charge is -2.62. The second kappa shape index (κ2) is 15.8. The molecule has 1 aliphatic heterocycles. The summed E-state index contributed by atoms with van der Waals surface area (Å²) in [5.41, 5.74) is 9.60. The monoisotopic (exact) mass is 796 g/mol. The molecule has 0 radical (unpaired) electrons. The first-order valence-corrected chi connectivity index (χ1v) is 20.8. The fraction of sp³-hybridized carbons (Fsp3) is 0.565. The van der Waals surface area contributed by atoms with Crippen LogP contribution in [0.5, 0.6) is 5.75 Å². The molecule has 1 heterocycles. The van der Waals surface area contributed by atoms with Crippen LogP contribution in [0.15, 0.2) is 60.7 Å². The number of para-hydroxylation sites is 1. The van der Waals surface area contributed by atoms with Gasteiger partial charge < -0.3 is 41.1 Å². The normalized spacial score (nSPS) is 30.1. The fourth-order valence-electron chi connectivity index (χ4n) is 10.8. The van der Waals surface area contributed by atoms with Crippen LogP contribution in [-0.2, 0) is 22.6 Å². The number of aliphatic hydroxyl groups is 2. The summed E-state index contributed by atoms with van der Waals surface area (Å²) < 4.78 is 6.14. The number of likely N-dealkylation sites (N-methyl/N-ethyl adjacent to an activating group) is 1. The molecule has 2 unspecified atom stereocenters. The molecule has 2 bridgehead atoms. The molecule has 5 fully saturated rings. The molecule has 3 aromatic rings. The summed E-state index contributed by atoms with van der Waals surface area (Å²) in [6, 6.07) is 18.4. The minimum Gasteiger partial charge on any atom is -0.496 e. The van der Waals surface area contributed by atoms with Crippen LogP contribution in [0.2, 0.25) is 0 Å². The molecule has 9 atom stereocenters. The first-order chi connectivity index (χ1) is 27.4. The zero-order valence-corrected chi connectivity index (χ0v) is 35.7. The molecule has 6 N–H and O–H groups in total. The highest BCUT2D eigenvalue weighted by Gasteiger charge is 2.78. The molecule has 2 amide bonds. The number of hydrogen-bond donors (Lipinski definition) is 5. The van der Waals surface area contributed by atoms with Gasteiger partial charge in [-0.05, 0) is 111 Å². The largest absolute Gasteiger partial charge is 0.496 e. The van der Waals surface area contributed by atoms with Gasteiger partial charge in [0.2, 0.25) is 5.91 Å². The zero-order chi connectivity index (χ0) is 41.9. The maximum Gasteiger partial charge on any atom is 0.251 e. The summed E-state index contributed by atoms with van der Waals surface area (Å²) >= 11 is 0. The van der Waals surface area contributed by atoms with Gasteiger partial charge >= 0.3 is 0 Å². The van der Waals surface area contributed by atoms with E-state index in [2.05, 4.69) is 36.3 Å². The molecule has 8 rings (SSSR count). The number of hydrogen-bond acceptors (Lipinski definition) is 10. The second-order valence-electron chi connectivity index (χ2n) is 18.9. The molecule has 1 spiro atoms. The summed E-state index contributed by atoms with van der Waals surface area (Å²) in [5.74, 6) is 1.64. The van der Waals surface area contributed by atoms with Gasteiger partial charge in [0.1, 0.15) is 17.9 Å². The minimum absolute atomic E-state index is 0.0311. The molecule has 12 nitrogen and oxygen atoms in total. The maximum atomic E-state index is 14.5. The molecule has 12 heteroatoms. The summed E-state index contributed by atoms with van der Waals surface area (Å²) in [4.78, 5) is 39.1. The number of benzene rings is 3. The lowest BCUT2D eigenvalue weighted by atomic mass is 9.45. The quantitative estimate of drug-likeness (QED) is 0.145. The first kappa shape index (κ1) is 41.9. The highest BCUT2D eigenvalue weighted by atomic mass is 16.7. The number of ether oxygens (including phenoxy) is 1. The summed E-state index contributed by atoms with van der Waals surface area (Å²) in [7, 11) is 9.47. The molecule has 1 saturated heterocycles. The summed E-state index contributed by atoms with van der Waals surface area (Å²) in [5, 5.41) is 30.4. The molecule has 4 aliphatic carbocycles. The third-order valence-corrected chi connectivity index (χ3v) is 14.2. The van der Waals surface area contributed by atoms with Crippen LogP contribution >= 0.6 is 0 Å². The number of nitrogens with zero attached hydrogens (tertiary/aromatic N) is 3. The zero-order valence-electron chi connectivity index (χ0n) is 35.7. The van der Waals surface area contributed by atoms with E-state index in [0.717, 1.165) is 34.4 Å². The number of carbonyl (C=O) groups is 2. The SMILES string of the molecule is COc1c(CN2O[C@@H](CO)[C@]3(CC3(C)O)[C@H]2C(=O)N[C@H]2C[C@H]3C[C@@H]([C@@H]2C)C3(C)C)cccc1-c1cc(C(=O)NC(Cc2cccc(N)c2)CN(C)C)cc(N(C)C)c1. The Bertz CT molecular complexity index is 2020. The molecule has 58 heavy (non-hydrogen) atoms. The smallest absolute Gasteiger partial charge is 0.251 e. The van der Waals surface area contributed by atoms with E-state index < -0.39 is 23.2 Å². The molecule has 4 saturated carbocycles. The highest BCUT2D eigenvalue weighted by molar-refractivity contribution is 5.97. The van der Waals surface area contributed by atoms with Crippen molar-refractivity contribution in [1.29, 1.82) is 0 Å². The Hall–Kier alpha value is -4.20. The third kappa shape index (κ3) is 7.58. The van der Waals surface area contributed by atoms with Crippen LogP contribution in [0, 0.1) is 28.6 Å². The van der Waals surface area contributed by atoms with E-state index in [0.29, 0.717) is 54.1 Å². The Labute approximate surface area is 344 Å². The van der Waals surface area contributed by atoms with Gasteiger partial charge in [-0.2, -0.15) is 5.06 Å². The van der Waals surface area contributed by atoms with Crippen molar-refractivity contribution < 1.29 is 29.4 Å². The highest BCUT2D eigenvalue weighted by Crippen LogP contribution is 2.66. The van der Waals surface area contributed by atoms with Crippen LogP contribution in [0.25, 0.3) is 11.1 Å². The van der Waals surface area contributed by atoms with Crippen molar-refractivity contribution in [2.24, 2.45) is 28.6 Å². The number of nitrogen functional groups attached to an aromatic ring is 1. The van der Waals surface area contributed by atoms with Crippen LogP contribution in [0.4, 0.5) is 11.4 Å². The number of carbonyl (C=O) groups excluding carboxylic acids is 2. The fourth-order valence-corrected chi connectivity index (χ4v) is 10.8. The van der Waals surface area contributed by atoms with Crippen molar-refractivity contribution in [2.45, 2.75) is 89.8 Å². The van der Waals surface area contributed by atoms with Gasteiger partial charge in [-0.15, -0.1) is 0 Å². The van der Waals surface area contributed by atoms with Crippen LogP contribution in [-0.4, -0.2) is 110 Å². The molecule has 5 aliphatic rings. The molecular formula is C46H64N6O6. The topological polar surface area (TPSA) is 153 Å². The lowest BCUT2D eigenvalue weighted by Crippen LogP contribution is -2.62. The first-order valence-electron chi connectivity index (χ1n) is 20.8. The van der Waals surface area contributed by atoms with E-state index in [1.165, 1.54) is 6.42 Å². The van der Waals surface area contributed by atoms with Gasteiger partial charge in [0, 0.05) is 60.8 Å². The van der Waals surface area contributed by atoms with E-state index >= 15 is 0 Å². The van der Waals surface area contributed by atoms with Crippen molar-refractivity contribution in [1.82, 2.24) is 20.6 Å². The lowest BCUT2D eigenvalue weighted by molar-refractivity contribution is -0.183. The van der Waals surface area contributed by atoms with Crippen LogP contribution in [0.1, 0.15) is 68.4 Å². The number of nitrogens with two attached hydrogens (primary N) is 1. The number of methoxy groups -OCH3 is 1. The Balaban J connectivity index is 1.18.